The van der Waals surface area contributed by atoms with E-state index in [2.05, 4.69) is 55.1 Å². The van der Waals surface area contributed by atoms with Crippen molar-refractivity contribution in [3.05, 3.63) is 53.8 Å². The maximum absolute atomic E-state index is 3.17. The first-order chi connectivity index (χ1) is 7.43. The molecule has 1 rings (SSSR count). The molecule has 0 nitrogen and oxygen atoms in total. The molecule has 0 saturated heterocycles. The topological polar surface area (TPSA) is 0 Å². The molecule has 2 heteroatoms. The summed E-state index contributed by atoms with van der Waals surface area (Å²) in [5.74, 6) is 0. The van der Waals surface area contributed by atoms with Crippen LogP contribution < -0.4 is 0 Å². The number of allylic oxidation sites excluding steroid dienone is 1. The molecule has 0 N–H and O–H groups in total. The summed E-state index contributed by atoms with van der Waals surface area (Å²) >= 11 is 0. The average molecular weight is 272 g/mol. The van der Waals surface area contributed by atoms with Crippen LogP contribution in [0, 0.1) is 6.08 Å². The summed E-state index contributed by atoms with van der Waals surface area (Å²) < 4.78 is 0. The van der Waals surface area contributed by atoms with E-state index in [1.807, 2.05) is 0 Å². The van der Waals surface area contributed by atoms with Crippen LogP contribution in [-0.4, -0.2) is 18.9 Å². The van der Waals surface area contributed by atoms with E-state index < -0.39 is 0 Å². The van der Waals surface area contributed by atoms with Gasteiger partial charge in [-0.05, 0) is 12.0 Å². The Hall–Kier alpha value is -0.0392. The molecule has 0 spiro atoms. The maximum Gasteiger partial charge on any atom is 0 e. The zero-order chi connectivity index (χ0) is 10.8. The van der Waals surface area contributed by atoms with Crippen LogP contribution in [0.15, 0.2) is 42.1 Å². The molecule has 0 unspecified atom stereocenters. The van der Waals surface area contributed by atoms with Crippen molar-refractivity contribution >= 4 is 18.9 Å². The SMILES string of the molecule is CCCC[C-]=C=CCCc1ccccc1.[Li].[Zn]. The third-order valence-corrected chi connectivity index (χ3v) is 2.28. The molecular formula is C15H19LiZn-. The molecule has 0 amide bonds. The number of hydrogen-bond acceptors (Lipinski definition) is 0. The molecule has 0 aliphatic rings. The molecule has 1 radical (unpaired) electrons. The molecule has 1 aromatic rings. The van der Waals surface area contributed by atoms with Crippen molar-refractivity contribution in [2.24, 2.45) is 0 Å². The second-order valence-corrected chi connectivity index (χ2v) is 3.65. The first kappa shape index (κ1) is 19.3. The van der Waals surface area contributed by atoms with Gasteiger partial charge in [0.15, 0.2) is 0 Å². The van der Waals surface area contributed by atoms with Gasteiger partial charge in [0.05, 0.1) is 0 Å². The second kappa shape index (κ2) is 14.0. The van der Waals surface area contributed by atoms with Crippen molar-refractivity contribution in [2.75, 3.05) is 0 Å². The first-order valence-electron chi connectivity index (χ1n) is 5.77. The van der Waals surface area contributed by atoms with Gasteiger partial charge in [-0.15, -0.1) is 6.42 Å². The average Bonchev–Trinajstić information content (AvgIpc) is 2.29. The minimum absolute atomic E-state index is 0. The minimum Gasteiger partial charge on any atom is -0.335 e. The van der Waals surface area contributed by atoms with Crippen LogP contribution in [0.1, 0.15) is 38.2 Å². The molecule has 0 bridgehead atoms. The standard InChI is InChI=1S/C15H19.Li.Zn/c1-2-3-4-5-6-7-9-12-15-13-10-8-11-14-15;;/h7-8,10-11,13-14H,2-4,9,12H2,1H3;;/q-1;;. The van der Waals surface area contributed by atoms with E-state index in [1.54, 1.807) is 0 Å². The molecule has 0 aliphatic heterocycles. The van der Waals surface area contributed by atoms with Gasteiger partial charge in [-0.25, -0.2) is 6.08 Å². The summed E-state index contributed by atoms with van der Waals surface area (Å²) in [6.07, 6.45) is 10.9. The summed E-state index contributed by atoms with van der Waals surface area (Å²) in [5, 5.41) is 0. The smallest absolute Gasteiger partial charge is 0 e. The van der Waals surface area contributed by atoms with E-state index in [4.69, 9.17) is 0 Å². The van der Waals surface area contributed by atoms with Crippen molar-refractivity contribution in [1.82, 2.24) is 0 Å². The predicted molar refractivity (Wildman–Crippen MR) is 71.4 cm³/mol. The van der Waals surface area contributed by atoms with Gasteiger partial charge in [0, 0.05) is 38.3 Å². The summed E-state index contributed by atoms with van der Waals surface area (Å²) in [6.45, 7) is 2.20. The molecule has 0 fully saturated rings. The maximum atomic E-state index is 3.17. The molecule has 0 aliphatic carbocycles. The van der Waals surface area contributed by atoms with E-state index in [0.717, 1.165) is 19.3 Å². The molecule has 1 aromatic carbocycles. The Morgan fingerprint density at radius 2 is 1.94 bits per heavy atom. The molecule has 0 atom stereocenters. The predicted octanol–water partition coefficient (Wildman–Crippen LogP) is 3.94. The number of aryl methyl sites for hydroxylation is 1. The zero-order valence-corrected chi connectivity index (χ0v) is 14.2. The van der Waals surface area contributed by atoms with Crippen molar-refractivity contribution in [2.45, 2.75) is 39.0 Å². The van der Waals surface area contributed by atoms with Crippen LogP contribution >= 0.6 is 0 Å². The van der Waals surface area contributed by atoms with Crippen molar-refractivity contribution in [3.63, 3.8) is 0 Å². The van der Waals surface area contributed by atoms with Crippen LogP contribution in [0.5, 0.6) is 0 Å². The molecular weight excluding hydrogens is 252 g/mol. The van der Waals surface area contributed by atoms with Gasteiger partial charge in [-0.2, -0.15) is 6.08 Å². The summed E-state index contributed by atoms with van der Waals surface area (Å²) in [5.41, 5.74) is 4.51. The van der Waals surface area contributed by atoms with Gasteiger partial charge < -0.3 is 5.73 Å². The number of unbranched alkanes of at least 4 members (excludes halogenated alkanes) is 2. The van der Waals surface area contributed by atoms with Crippen molar-refractivity contribution in [1.29, 1.82) is 0 Å². The second-order valence-electron chi connectivity index (χ2n) is 3.65. The van der Waals surface area contributed by atoms with E-state index in [-0.39, 0.29) is 38.3 Å². The molecule has 0 saturated carbocycles. The molecule has 83 valence electrons. The van der Waals surface area contributed by atoms with Gasteiger partial charge in [0.25, 0.3) is 0 Å². The summed E-state index contributed by atoms with van der Waals surface area (Å²) in [4.78, 5) is 0. The van der Waals surface area contributed by atoms with Gasteiger partial charge >= 0.3 is 0 Å². The monoisotopic (exact) mass is 270 g/mol. The molecule has 0 heterocycles. The minimum atomic E-state index is 0. The van der Waals surface area contributed by atoms with E-state index in [1.165, 1.54) is 18.4 Å². The largest absolute Gasteiger partial charge is 0.335 e. The normalized spacial score (nSPS) is 8.29. The fourth-order valence-electron chi connectivity index (χ4n) is 1.37. The van der Waals surface area contributed by atoms with Crippen LogP contribution in [0.25, 0.3) is 0 Å². The Morgan fingerprint density at radius 1 is 1.24 bits per heavy atom. The Morgan fingerprint density at radius 3 is 2.59 bits per heavy atom. The van der Waals surface area contributed by atoms with Crippen molar-refractivity contribution in [3.8, 4) is 0 Å². The fraction of sp³-hybridized carbons (Fsp3) is 0.400. The van der Waals surface area contributed by atoms with Crippen molar-refractivity contribution < 1.29 is 19.5 Å². The molecule has 17 heavy (non-hydrogen) atoms. The van der Waals surface area contributed by atoms with E-state index >= 15 is 0 Å². The fourth-order valence-corrected chi connectivity index (χ4v) is 1.37. The van der Waals surface area contributed by atoms with Gasteiger partial charge in [-0.1, -0.05) is 56.5 Å². The zero-order valence-electron chi connectivity index (χ0n) is 11.2. The van der Waals surface area contributed by atoms with Crippen LogP contribution in [-0.2, 0) is 25.9 Å². The van der Waals surface area contributed by atoms with Crippen LogP contribution in [0.4, 0.5) is 0 Å². The Labute approximate surface area is 131 Å². The van der Waals surface area contributed by atoms with E-state index in [9.17, 15) is 0 Å². The summed E-state index contributed by atoms with van der Waals surface area (Å²) in [7, 11) is 0. The van der Waals surface area contributed by atoms with Gasteiger partial charge in [-0.3, -0.25) is 0 Å². The van der Waals surface area contributed by atoms with E-state index in [0.29, 0.717) is 0 Å². The third kappa shape index (κ3) is 10.8. The van der Waals surface area contributed by atoms with Crippen LogP contribution in [0.3, 0.4) is 0 Å². The third-order valence-electron chi connectivity index (χ3n) is 2.28. The van der Waals surface area contributed by atoms with Gasteiger partial charge in [0.2, 0.25) is 0 Å². The number of hydrogen-bond donors (Lipinski definition) is 0. The number of rotatable bonds is 6. The first-order valence-corrected chi connectivity index (χ1v) is 5.77. The Kier molecular flexibility index (Phi) is 15.9. The van der Waals surface area contributed by atoms with Gasteiger partial charge in [0.1, 0.15) is 0 Å². The quantitative estimate of drug-likeness (QED) is 0.318. The summed E-state index contributed by atoms with van der Waals surface area (Å²) in [6, 6.07) is 10.6. The van der Waals surface area contributed by atoms with Crippen LogP contribution in [0.2, 0.25) is 0 Å². The number of benzene rings is 1. The Bertz CT molecular complexity index is 313. The Balaban J connectivity index is 0. The molecule has 0 aromatic heterocycles.